The van der Waals surface area contributed by atoms with Crippen LogP contribution in [0.25, 0.3) is 16.7 Å². The average molecular weight is 375 g/mol. The average Bonchev–Trinajstić information content (AvgIpc) is 3.24. The topological polar surface area (TPSA) is 129 Å². The second kappa shape index (κ2) is 6.44. The Morgan fingerprint density at radius 2 is 2.00 bits per heavy atom. The quantitative estimate of drug-likeness (QED) is 0.506. The van der Waals surface area contributed by atoms with Crippen LogP contribution in [0.1, 0.15) is 29.6 Å². The van der Waals surface area contributed by atoms with E-state index in [9.17, 15) is 5.11 Å². The molecule has 9 heteroatoms. The maximum Gasteiger partial charge on any atom is 0.221 e. The Morgan fingerprint density at radius 1 is 1.18 bits per heavy atom. The van der Waals surface area contributed by atoms with E-state index in [2.05, 4.69) is 41.8 Å². The molecule has 4 rings (SSSR count). The lowest BCUT2D eigenvalue weighted by Crippen LogP contribution is -2.20. The molecule has 0 fully saturated rings. The van der Waals surface area contributed by atoms with E-state index in [4.69, 9.17) is 5.73 Å². The van der Waals surface area contributed by atoms with Crippen molar-refractivity contribution in [3.8, 4) is 17.7 Å². The van der Waals surface area contributed by atoms with E-state index in [1.54, 1.807) is 30.8 Å². The molecule has 3 N–H and O–H groups in total. The molecule has 0 aliphatic rings. The number of benzene rings is 1. The van der Waals surface area contributed by atoms with Crippen molar-refractivity contribution in [2.75, 3.05) is 5.73 Å². The predicted molar refractivity (Wildman–Crippen MR) is 101 cm³/mol. The maximum atomic E-state index is 10.6. The number of aromatic nitrogens is 6. The first kappa shape index (κ1) is 17.6. The predicted octanol–water partition coefficient (Wildman–Crippen LogP) is 1.66. The summed E-state index contributed by atoms with van der Waals surface area (Å²) in [4.78, 5) is 8.15. The van der Waals surface area contributed by atoms with Crippen molar-refractivity contribution < 1.29 is 9.74 Å². The molecule has 9 nitrogen and oxygen atoms in total. The van der Waals surface area contributed by atoms with Gasteiger partial charge in [0.2, 0.25) is 5.95 Å². The van der Waals surface area contributed by atoms with Crippen molar-refractivity contribution in [1.82, 2.24) is 30.1 Å². The molecule has 0 aliphatic carbocycles. The monoisotopic (exact) mass is 375 g/mol. The zero-order valence-electron chi connectivity index (χ0n) is 15.5. The van der Waals surface area contributed by atoms with E-state index in [0.717, 1.165) is 16.6 Å². The maximum absolute atomic E-state index is 10.6. The molecule has 28 heavy (non-hydrogen) atoms. The molecule has 1 aromatic carbocycles. The summed E-state index contributed by atoms with van der Waals surface area (Å²) in [5.41, 5.74) is 7.36. The van der Waals surface area contributed by atoms with Crippen LogP contribution in [0.5, 0.6) is 0 Å². The molecule has 0 amide bonds. The molecule has 4 aromatic rings. The molecular weight excluding hydrogens is 358 g/mol. The third-order valence-corrected chi connectivity index (χ3v) is 4.31. The van der Waals surface area contributed by atoms with Crippen molar-refractivity contribution >= 4 is 16.9 Å². The third-order valence-electron chi connectivity index (χ3n) is 4.31. The van der Waals surface area contributed by atoms with Gasteiger partial charge in [-0.15, -0.1) is 0 Å². The number of anilines is 1. The highest BCUT2D eigenvalue weighted by atomic mass is 16.6. The fourth-order valence-corrected chi connectivity index (χ4v) is 2.93. The summed E-state index contributed by atoms with van der Waals surface area (Å²) in [7, 11) is 0. The molecule has 1 atom stereocenters. The smallest absolute Gasteiger partial charge is 0.221 e. The lowest BCUT2D eigenvalue weighted by Gasteiger charge is -2.12. The van der Waals surface area contributed by atoms with E-state index in [1.165, 1.54) is 0 Å². The fraction of sp³-hybridized carbons (Fsp3) is 0.211. The molecule has 0 bridgehead atoms. The van der Waals surface area contributed by atoms with Gasteiger partial charge in [0.15, 0.2) is 17.1 Å². The number of hydrogen-bond donors (Lipinski definition) is 2. The minimum Gasteiger partial charge on any atom is -0.372 e. The second-order valence-corrected chi connectivity index (χ2v) is 6.52. The van der Waals surface area contributed by atoms with Crippen molar-refractivity contribution in [2.24, 2.45) is 0 Å². The largest absolute Gasteiger partial charge is 0.372 e. The number of hydrogen-bond acceptors (Lipinski definition) is 8. The van der Waals surface area contributed by atoms with Gasteiger partial charge < -0.3 is 10.8 Å². The summed E-state index contributed by atoms with van der Waals surface area (Å²) in [6, 6.07) is 7.41. The van der Waals surface area contributed by atoms with Gasteiger partial charge in [0.05, 0.1) is 11.2 Å². The molecule has 0 aliphatic heterocycles. The molecule has 3 heterocycles. The lowest BCUT2D eigenvalue weighted by atomic mass is 10.0. The van der Waals surface area contributed by atoms with Crippen LogP contribution >= 0.6 is 0 Å². The van der Waals surface area contributed by atoms with Crippen molar-refractivity contribution in [3.05, 3.63) is 53.1 Å². The SMILES string of the molecule is Cc1nonc1C(C)(O)C#Cc1ccc2c(C)nn(-c3ccnc(N)n3)c2c1. The number of aliphatic hydroxyl groups is 1. The van der Waals surface area contributed by atoms with Crippen LogP contribution in [0.3, 0.4) is 0 Å². The van der Waals surface area contributed by atoms with Gasteiger partial charge in [-0.05, 0) is 39.0 Å². The van der Waals surface area contributed by atoms with Gasteiger partial charge in [-0.3, -0.25) is 0 Å². The van der Waals surface area contributed by atoms with Crippen molar-refractivity contribution in [2.45, 2.75) is 26.4 Å². The second-order valence-electron chi connectivity index (χ2n) is 6.52. The van der Waals surface area contributed by atoms with E-state index in [0.29, 0.717) is 22.8 Å². The van der Waals surface area contributed by atoms with Gasteiger partial charge in [0.25, 0.3) is 0 Å². The molecule has 3 aromatic heterocycles. The van der Waals surface area contributed by atoms with Crippen LogP contribution in [0.4, 0.5) is 5.95 Å². The highest BCUT2D eigenvalue weighted by molar-refractivity contribution is 5.84. The van der Waals surface area contributed by atoms with E-state index < -0.39 is 5.60 Å². The van der Waals surface area contributed by atoms with Gasteiger partial charge in [-0.25, -0.2) is 14.3 Å². The summed E-state index contributed by atoms with van der Waals surface area (Å²) in [6.45, 7) is 5.16. The summed E-state index contributed by atoms with van der Waals surface area (Å²) in [5.74, 6) is 6.54. The van der Waals surface area contributed by atoms with Gasteiger partial charge in [-0.1, -0.05) is 22.2 Å². The fourth-order valence-electron chi connectivity index (χ4n) is 2.93. The number of rotatable bonds is 2. The number of nitrogens with two attached hydrogens (primary N) is 1. The zero-order chi connectivity index (χ0) is 19.9. The summed E-state index contributed by atoms with van der Waals surface area (Å²) >= 11 is 0. The Bertz CT molecular complexity index is 1240. The number of fused-ring (bicyclic) bond motifs is 1. The Hall–Kier alpha value is -3.77. The summed E-state index contributed by atoms with van der Waals surface area (Å²) in [6.07, 6.45) is 1.58. The standard InChI is InChI=1S/C19H17N7O2/c1-11-14-5-4-13(6-8-19(3,27)17-12(2)24-28-25-17)10-15(14)26(23-11)16-7-9-21-18(20)22-16/h4-5,7,9-10,27H,1-3H3,(H2,20,21,22). The first-order valence-electron chi connectivity index (χ1n) is 8.48. The molecule has 0 saturated carbocycles. The number of nitrogen functional groups attached to an aromatic ring is 1. The highest BCUT2D eigenvalue weighted by Gasteiger charge is 2.27. The Balaban J connectivity index is 1.79. The van der Waals surface area contributed by atoms with E-state index in [-0.39, 0.29) is 5.95 Å². The highest BCUT2D eigenvalue weighted by Crippen LogP contribution is 2.23. The van der Waals surface area contributed by atoms with Gasteiger partial charge in [0.1, 0.15) is 5.69 Å². The lowest BCUT2D eigenvalue weighted by molar-refractivity contribution is 0.111. The molecule has 0 radical (unpaired) electrons. The van der Waals surface area contributed by atoms with Gasteiger partial charge >= 0.3 is 0 Å². The van der Waals surface area contributed by atoms with Crippen LogP contribution in [0.15, 0.2) is 35.1 Å². The van der Waals surface area contributed by atoms with Crippen LogP contribution in [0.2, 0.25) is 0 Å². The van der Waals surface area contributed by atoms with Crippen LogP contribution in [-0.2, 0) is 5.60 Å². The zero-order valence-corrected chi connectivity index (χ0v) is 15.5. The van der Waals surface area contributed by atoms with Crippen molar-refractivity contribution in [1.29, 1.82) is 0 Å². The van der Waals surface area contributed by atoms with Crippen LogP contribution < -0.4 is 5.73 Å². The summed E-state index contributed by atoms with van der Waals surface area (Å²) in [5, 5.41) is 23.5. The molecule has 1 unspecified atom stereocenters. The van der Waals surface area contributed by atoms with Crippen LogP contribution in [0, 0.1) is 25.7 Å². The van der Waals surface area contributed by atoms with Gasteiger partial charge in [0, 0.05) is 23.2 Å². The first-order chi connectivity index (χ1) is 13.3. The molecule has 140 valence electrons. The molecule has 0 saturated heterocycles. The van der Waals surface area contributed by atoms with Gasteiger partial charge in [-0.2, -0.15) is 10.1 Å². The Morgan fingerprint density at radius 3 is 2.71 bits per heavy atom. The Kier molecular flexibility index (Phi) is 4.05. The number of aryl methyl sites for hydroxylation is 2. The minimum atomic E-state index is -1.49. The normalized spacial score (nSPS) is 13.1. The molecule has 0 spiro atoms. The summed E-state index contributed by atoms with van der Waals surface area (Å²) < 4.78 is 6.35. The van der Waals surface area contributed by atoms with E-state index in [1.807, 2.05) is 25.1 Å². The molecular formula is C19H17N7O2. The first-order valence-corrected chi connectivity index (χ1v) is 8.48. The Labute approximate surface area is 160 Å². The number of nitrogens with zero attached hydrogens (tertiary/aromatic N) is 6. The van der Waals surface area contributed by atoms with Crippen LogP contribution in [-0.4, -0.2) is 35.2 Å². The van der Waals surface area contributed by atoms with Crippen molar-refractivity contribution in [3.63, 3.8) is 0 Å². The minimum absolute atomic E-state index is 0.169. The third kappa shape index (κ3) is 3.06. The van der Waals surface area contributed by atoms with E-state index >= 15 is 0 Å².